The first-order chi connectivity index (χ1) is 34.8. The van der Waals surface area contributed by atoms with E-state index in [0.717, 1.165) is 94.3 Å². The molecule has 7 heteroatoms. The lowest BCUT2D eigenvalue weighted by molar-refractivity contribution is 0.648. The highest BCUT2D eigenvalue weighted by Gasteiger charge is 2.27. The molecule has 1 unspecified atom stereocenters. The fourth-order valence-electron chi connectivity index (χ4n) is 11.5. The summed E-state index contributed by atoms with van der Waals surface area (Å²) in [4.78, 5) is 16.9. The van der Waals surface area contributed by atoms with E-state index in [4.69, 9.17) is 15.0 Å². The van der Waals surface area contributed by atoms with Crippen LogP contribution in [0.15, 0.2) is 231 Å². The predicted molar refractivity (Wildman–Crippen MR) is 289 cm³/mol. The standard InChI is InChI=1S/C63H41N7/c1-4-18-40(19-5-1)41-32-34-42(35-33-41)61-64-62(69-55-30-16-12-26-47(55)51-38-36-49-45-24-10-14-28-53(45)67(57(49)59(51)69)43-20-6-2-7-21-43)66-63(65-61)70-56-31-17-13-27-48(56)52-39-37-50-46-25-11-15-29-54(46)68(58(50)60(52)70)44-22-8-3-9-23-44/h1-22,24-39,44H,23H2. The Balaban J connectivity index is 1.10. The summed E-state index contributed by atoms with van der Waals surface area (Å²) in [6.07, 6.45) is 9.82. The summed E-state index contributed by atoms with van der Waals surface area (Å²) in [6, 6.07) is 74.0. The molecule has 15 rings (SSSR count). The first-order valence-electron chi connectivity index (χ1n) is 24.0. The molecule has 5 aromatic heterocycles. The van der Waals surface area contributed by atoms with E-state index >= 15 is 0 Å². The Morgan fingerprint density at radius 2 is 0.757 bits per heavy atom. The van der Waals surface area contributed by atoms with Gasteiger partial charge in [-0.2, -0.15) is 15.0 Å². The lowest BCUT2D eigenvalue weighted by Gasteiger charge is -2.19. The Labute approximate surface area is 401 Å². The van der Waals surface area contributed by atoms with Crippen molar-refractivity contribution in [3.05, 3.63) is 231 Å². The van der Waals surface area contributed by atoms with Crippen molar-refractivity contribution in [3.63, 3.8) is 0 Å². The van der Waals surface area contributed by atoms with Crippen LogP contribution in [0.3, 0.4) is 0 Å². The van der Waals surface area contributed by atoms with Gasteiger partial charge in [0.15, 0.2) is 5.82 Å². The van der Waals surface area contributed by atoms with Gasteiger partial charge in [0.25, 0.3) is 0 Å². The van der Waals surface area contributed by atoms with Gasteiger partial charge in [-0.25, -0.2) is 0 Å². The summed E-state index contributed by atoms with van der Waals surface area (Å²) < 4.78 is 9.55. The molecule has 0 saturated carbocycles. The van der Waals surface area contributed by atoms with Crippen molar-refractivity contribution in [3.8, 4) is 40.1 Å². The Morgan fingerprint density at radius 3 is 1.31 bits per heavy atom. The third-order valence-corrected chi connectivity index (χ3v) is 14.5. The maximum absolute atomic E-state index is 5.74. The monoisotopic (exact) mass is 895 g/mol. The molecule has 0 bridgehead atoms. The number of hydrogen-bond donors (Lipinski definition) is 0. The quantitative estimate of drug-likeness (QED) is 0.167. The smallest absolute Gasteiger partial charge is 0.240 e. The van der Waals surface area contributed by atoms with Gasteiger partial charge in [-0.15, -0.1) is 0 Å². The first kappa shape index (κ1) is 38.7. The van der Waals surface area contributed by atoms with Gasteiger partial charge in [0, 0.05) is 59.9 Å². The van der Waals surface area contributed by atoms with E-state index in [1.54, 1.807) is 0 Å². The summed E-state index contributed by atoms with van der Waals surface area (Å²) >= 11 is 0. The molecule has 70 heavy (non-hydrogen) atoms. The van der Waals surface area contributed by atoms with Crippen molar-refractivity contribution in [2.45, 2.75) is 12.5 Å². The Kier molecular flexibility index (Phi) is 8.35. The Morgan fingerprint density at radius 1 is 0.329 bits per heavy atom. The van der Waals surface area contributed by atoms with Crippen molar-refractivity contribution in [1.82, 2.24) is 33.2 Å². The van der Waals surface area contributed by atoms with Crippen molar-refractivity contribution >= 4 is 87.2 Å². The van der Waals surface area contributed by atoms with Crippen LogP contribution in [0, 0.1) is 0 Å². The maximum Gasteiger partial charge on any atom is 0.240 e. The summed E-state index contributed by atoms with van der Waals surface area (Å²) in [5.74, 6) is 1.67. The SMILES string of the molecule is C1=CCC(n2c3ccccc3c3ccc4c5ccccc5n(-c5nc(-c6ccc(-c7ccccc7)cc6)nc(-n6c7ccccc7c7ccc8c9ccccc9n(-c9ccccc9)c8c76)n5)c4c32)C=C1. The van der Waals surface area contributed by atoms with Crippen LogP contribution in [-0.4, -0.2) is 33.2 Å². The molecule has 328 valence electrons. The molecular weight excluding hydrogens is 855 g/mol. The molecule has 0 saturated heterocycles. The zero-order valence-electron chi connectivity index (χ0n) is 37.9. The number of allylic oxidation sites excluding steroid dienone is 4. The van der Waals surface area contributed by atoms with Crippen molar-refractivity contribution in [1.29, 1.82) is 0 Å². The number of nitrogens with zero attached hydrogens (tertiary/aromatic N) is 7. The second kappa shape index (κ2) is 15.1. The Bertz CT molecular complexity index is 4490. The number of hydrogen-bond acceptors (Lipinski definition) is 3. The zero-order valence-corrected chi connectivity index (χ0v) is 37.9. The van der Waals surface area contributed by atoms with Crippen LogP contribution >= 0.6 is 0 Å². The van der Waals surface area contributed by atoms with Gasteiger partial charge in [-0.1, -0.05) is 194 Å². The van der Waals surface area contributed by atoms with Crippen LogP contribution in [0.4, 0.5) is 0 Å². The fourth-order valence-corrected chi connectivity index (χ4v) is 11.5. The molecule has 0 spiro atoms. The van der Waals surface area contributed by atoms with E-state index in [9.17, 15) is 0 Å². The molecule has 1 aliphatic rings. The summed E-state index contributed by atoms with van der Waals surface area (Å²) in [5, 5.41) is 9.28. The van der Waals surface area contributed by atoms with Crippen LogP contribution in [0.1, 0.15) is 12.5 Å². The van der Waals surface area contributed by atoms with E-state index in [-0.39, 0.29) is 6.04 Å². The van der Waals surface area contributed by atoms with Crippen LogP contribution in [0.25, 0.3) is 127 Å². The minimum absolute atomic E-state index is 0.119. The predicted octanol–water partition coefficient (Wildman–Crippen LogP) is 15.7. The van der Waals surface area contributed by atoms with Crippen LogP contribution in [0.2, 0.25) is 0 Å². The normalized spacial score (nSPS) is 14.0. The van der Waals surface area contributed by atoms with Gasteiger partial charge >= 0.3 is 0 Å². The number of rotatable bonds is 6. The Hall–Kier alpha value is -9.33. The van der Waals surface area contributed by atoms with Crippen molar-refractivity contribution in [2.24, 2.45) is 0 Å². The second-order valence-electron chi connectivity index (χ2n) is 18.3. The number of fused-ring (bicyclic) bond motifs is 14. The van der Waals surface area contributed by atoms with E-state index in [0.29, 0.717) is 17.7 Å². The molecule has 0 N–H and O–H groups in total. The van der Waals surface area contributed by atoms with E-state index < -0.39 is 0 Å². The van der Waals surface area contributed by atoms with E-state index in [1.165, 1.54) is 21.7 Å². The number of benzene rings is 9. The first-order valence-corrected chi connectivity index (χ1v) is 24.0. The van der Waals surface area contributed by atoms with Gasteiger partial charge in [0.05, 0.1) is 44.7 Å². The molecule has 14 aromatic rings. The topological polar surface area (TPSA) is 58.4 Å². The largest absolute Gasteiger partial charge is 0.331 e. The van der Waals surface area contributed by atoms with Crippen molar-refractivity contribution in [2.75, 3.05) is 0 Å². The van der Waals surface area contributed by atoms with Gasteiger partial charge in [-0.3, -0.25) is 9.13 Å². The van der Waals surface area contributed by atoms with E-state index in [2.05, 4.69) is 249 Å². The van der Waals surface area contributed by atoms with Gasteiger partial charge in [0.2, 0.25) is 11.9 Å². The minimum Gasteiger partial charge on any atom is -0.331 e. The molecule has 9 aromatic carbocycles. The number of aromatic nitrogens is 7. The molecule has 1 aliphatic carbocycles. The van der Waals surface area contributed by atoms with Crippen LogP contribution < -0.4 is 0 Å². The second-order valence-corrected chi connectivity index (χ2v) is 18.3. The highest BCUT2D eigenvalue weighted by atomic mass is 15.3. The molecule has 5 heterocycles. The van der Waals surface area contributed by atoms with Crippen LogP contribution in [-0.2, 0) is 0 Å². The lowest BCUT2D eigenvalue weighted by atomic mass is 10.0. The van der Waals surface area contributed by atoms with E-state index in [1.807, 2.05) is 0 Å². The fraction of sp³-hybridized carbons (Fsp3) is 0.0317. The average molecular weight is 896 g/mol. The molecule has 0 radical (unpaired) electrons. The molecule has 0 fully saturated rings. The number of para-hydroxylation sites is 5. The van der Waals surface area contributed by atoms with Crippen LogP contribution in [0.5, 0.6) is 0 Å². The average Bonchev–Trinajstić information content (AvgIpc) is 4.17. The maximum atomic E-state index is 5.74. The minimum atomic E-state index is 0.119. The van der Waals surface area contributed by atoms with Crippen molar-refractivity contribution < 1.29 is 0 Å². The molecule has 1 atom stereocenters. The summed E-state index contributed by atoms with van der Waals surface area (Å²) in [5.41, 5.74) is 13.0. The third-order valence-electron chi connectivity index (χ3n) is 14.5. The molecular formula is C63H41N7. The highest BCUT2D eigenvalue weighted by molar-refractivity contribution is 6.25. The summed E-state index contributed by atoms with van der Waals surface area (Å²) in [6.45, 7) is 0. The zero-order chi connectivity index (χ0) is 45.9. The molecule has 7 nitrogen and oxygen atoms in total. The van der Waals surface area contributed by atoms with Gasteiger partial charge in [-0.05, 0) is 53.9 Å². The summed E-state index contributed by atoms with van der Waals surface area (Å²) in [7, 11) is 0. The third kappa shape index (κ3) is 5.60. The molecule has 0 amide bonds. The van der Waals surface area contributed by atoms with Gasteiger partial charge in [0.1, 0.15) is 0 Å². The molecule has 0 aliphatic heterocycles. The van der Waals surface area contributed by atoms with Gasteiger partial charge < -0.3 is 9.13 Å². The highest BCUT2D eigenvalue weighted by Crippen LogP contribution is 2.44. The lowest BCUT2D eigenvalue weighted by Crippen LogP contribution is -2.12.